The van der Waals surface area contributed by atoms with Crippen LogP contribution in [0.25, 0.3) is 22.3 Å². The first kappa shape index (κ1) is 16.7. The Morgan fingerprint density at radius 1 is 1.04 bits per heavy atom. The molecule has 1 saturated heterocycles. The van der Waals surface area contributed by atoms with E-state index in [9.17, 15) is 5.11 Å². The van der Waals surface area contributed by atoms with Crippen LogP contribution >= 0.6 is 0 Å². The van der Waals surface area contributed by atoms with Crippen molar-refractivity contribution in [3.8, 4) is 17.0 Å². The summed E-state index contributed by atoms with van der Waals surface area (Å²) in [4.78, 5) is 12.3. The summed E-state index contributed by atoms with van der Waals surface area (Å²) in [5.41, 5.74) is 5.60. The highest BCUT2D eigenvalue weighted by molar-refractivity contribution is 5.81. The molecule has 1 aliphatic carbocycles. The van der Waals surface area contributed by atoms with Gasteiger partial charge in [0.1, 0.15) is 5.75 Å². The number of aromatic nitrogens is 2. The van der Waals surface area contributed by atoms with E-state index >= 15 is 0 Å². The summed E-state index contributed by atoms with van der Waals surface area (Å²) in [5, 5.41) is 11.5. The maximum absolute atomic E-state index is 10.5. The van der Waals surface area contributed by atoms with Crippen molar-refractivity contribution in [1.82, 2.24) is 14.9 Å². The zero-order valence-corrected chi connectivity index (χ0v) is 16.1. The Kier molecular flexibility index (Phi) is 3.73. The third kappa shape index (κ3) is 2.71. The molecule has 3 atom stereocenters. The normalized spacial score (nSPS) is 24.8. The lowest BCUT2D eigenvalue weighted by Crippen LogP contribution is -2.33. The minimum atomic E-state index is 0.283. The van der Waals surface area contributed by atoms with E-state index in [0.717, 1.165) is 45.0 Å². The van der Waals surface area contributed by atoms with Crippen LogP contribution in [0.4, 0.5) is 0 Å². The van der Waals surface area contributed by atoms with Gasteiger partial charge >= 0.3 is 0 Å². The van der Waals surface area contributed by atoms with Crippen molar-refractivity contribution in [1.29, 1.82) is 0 Å². The maximum atomic E-state index is 10.5. The van der Waals surface area contributed by atoms with Gasteiger partial charge in [0.2, 0.25) is 0 Å². The van der Waals surface area contributed by atoms with Crippen molar-refractivity contribution >= 4 is 11.0 Å². The fourth-order valence-electron chi connectivity index (χ4n) is 5.25. The summed E-state index contributed by atoms with van der Waals surface area (Å²) in [5.74, 6) is 1.61. The van der Waals surface area contributed by atoms with E-state index in [1.54, 1.807) is 6.07 Å². The second-order valence-electron chi connectivity index (χ2n) is 8.41. The van der Waals surface area contributed by atoms with Gasteiger partial charge in [-0.15, -0.1) is 0 Å². The molecule has 0 unspecified atom stereocenters. The summed E-state index contributed by atoms with van der Waals surface area (Å²) < 4.78 is 0. The Morgan fingerprint density at radius 3 is 2.59 bits per heavy atom. The number of likely N-dealkylation sites (tertiary alicyclic amines) is 1. The zero-order chi connectivity index (χ0) is 18.7. The van der Waals surface area contributed by atoms with Gasteiger partial charge in [0.25, 0.3) is 0 Å². The number of nitrogens with zero attached hydrogens (tertiary/aromatic N) is 3. The molecule has 4 nitrogen and oxygen atoms in total. The average Bonchev–Trinajstić information content (AvgIpc) is 3.19. The van der Waals surface area contributed by atoms with E-state index in [2.05, 4.69) is 36.2 Å². The SMILES string of the molecule is Cc1cc(C)c(-c2ccc3ccc([C@H]4C[C@H]5C[C@@H]4N(C)C5)nc3n2)c(O)c1. The molecule has 27 heavy (non-hydrogen) atoms. The molecule has 3 heterocycles. The Balaban J connectivity index is 1.58. The summed E-state index contributed by atoms with van der Waals surface area (Å²) in [6.45, 7) is 5.23. The first-order valence-corrected chi connectivity index (χ1v) is 9.78. The number of likely N-dealkylation sites (N-methyl/N-ethyl adjacent to an activating group) is 1. The number of phenolic OH excluding ortho intramolecular Hbond substituents is 1. The highest BCUT2D eigenvalue weighted by atomic mass is 16.3. The van der Waals surface area contributed by atoms with Gasteiger partial charge in [-0.1, -0.05) is 6.07 Å². The van der Waals surface area contributed by atoms with Crippen LogP contribution in [-0.4, -0.2) is 39.6 Å². The number of benzene rings is 1. The number of pyridine rings is 2. The fraction of sp³-hybridized carbons (Fsp3) is 0.391. The van der Waals surface area contributed by atoms with Crippen LogP contribution < -0.4 is 0 Å². The highest BCUT2D eigenvalue weighted by Gasteiger charge is 2.44. The average molecular weight is 359 g/mol. The minimum absolute atomic E-state index is 0.283. The number of fused-ring (bicyclic) bond motifs is 3. The third-order valence-electron chi connectivity index (χ3n) is 6.41. The van der Waals surface area contributed by atoms with Crippen LogP contribution in [0.5, 0.6) is 5.75 Å². The number of aromatic hydroxyl groups is 1. The van der Waals surface area contributed by atoms with E-state index in [4.69, 9.17) is 9.97 Å². The fourth-order valence-corrected chi connectivity index (χ4v) is 5.25. The molecule has 3 aromatic rings. The molecule has 1 N–H and O–H groups in total. The summed E-state index contributed by atoms with van der Waals surface area (Å²) in [6.07, 6.45) is 2.54. The molecule has 2 aromatic heterocycles. The monoisotopic (exact) mass is 359 g/mol. The lowest BCUT2D eigenvalue weighted by atomic mass is 9.94. The van der Waals surface area contributed by atoms with E-state index in [-0.39, 0.29) is 5.75 Å². The molecule has 2 bridgehead atoms. The van der Waals surface area contributed by atoms with Crippen LogP contribution in [0, 0.1) is 19.8 Å². The molecule has 0 amide bonds. The van der Waals surface area contributed by atoms with Gasteiger partial charge < -0.3 is 10.0 Å². The lowest BCUT2D eigenvalue weighted by molar-refractivity contribution is 0.232. The number of hydrogen-bond donors (Lipinski definition) is 1. The zero-order valence-electron chi connectivity index (χ0n) is 16.1. The van der Waals surface area contributed by atoms with Gasteiger partial charge in [-0.05, 0) is 81.1 Å². The van der Waals surface area contributed by atoms with E-state index in [0.29, 0.717) is 12.0 Å². The Bertz CT molecular complexity index is 1020. The number of rotatable bonds is 2. The van der Waals surface area contributed by atoms with E-state index in [1.807, 2.05) is 19.9 Å². The second kappa shape index (κ2) is 6.03. The smallest absolute Gasteiger partial charge is 0.160 e. The second-order valence-corrected chi connectivity index (χ2v) is 8.41. The first-order chi connectivity index (χ1) is 13.0. The van der Waals surface area contributed by atoms with Gasteiger partial charge in [-0.2, -0.15) is 0 Å². The number of aryl methyl sites for hydroxylation is 2. The lowest BCUT2D eigenvalue weighted by Gasteiger charge is -2.29. The molecular weight excluding hydrogens is 334 g/mol. The van der Waals surface area contributed by atoms with Gasteiger partial charge in [0.15, 0.2) is 5.65 Å². The molecule has 4 heteroatoms. The molecule has 1 aromatic carbocycles. The number of phenols is 1. The van der Waals surface area contributed by atoms with Gasteiger partial charge in [-0.25, -0.2) is 9.97 Å². The molecule has 138 valence electrons. The van der Waals surface area contributed by atoms with Gasteiger partial charge in [0, 0.05) is 35.1 Å². The third-order valence-corrected chi connectivity index (χ3v) is 6.41. The summed E-state index contributed by atoms with van der Waals surface area (Å²) in [7, 11) is 2.23. The predicted molar refractivity (Wildman–Crippen MR) is 108 cm³/mol. The molecule has 2 fully saturated rings. The van der Waals surface area contributed by atoms with Gasteiger partial charge in [0.05, 0.1) is 5.69 Å². The van der Waals surface area contributed by atoms with Crippen LogP contribution in [-0.2, 0) is 0 Å². The number of piperidine rings is 1. The highest BCUT2D eigenvalue weighted by Crippen LogP contribution is 2.46. The van der Waals surface area contributed by atoms with Crippen molar-refractivity contribution in [2.24, 2.45) is 5.92 Å². The Morgan fingerprint density at radius 2 is 1.85 bits per heavy atom. The molecule has 1 aliphatic heterocycles. The van der Waals surface area contributed by atoms with Gasteiger partial charge in [-0.3, -0.25) is 0 Å². The minimum Gasteiger partial charge on any atom is -0.507 e. The van der Waals surface area contributed by atoms with Crippen LogP contribution in [0.2, 0.25) is 0 Å². The van der Waals surface area contributed by atoms with Crippen molar-refractivity contribution in [3.05, 3.63) is 53.2 Å². The molecular formula is C23H25N3O. The molecule has 2 aliphatic rings. The van der Waals surface area contributed by atoms with Crippen molar-refractivity contribution in [2.75, 3.05) is 13.6 Å². The van der Waals surface area contributed by atoms with Crippen LogP contribution in [0.1, 0.15) is 35.6 Å². The Labute approximate surface area is 159 Å². The largest absolute Gasteiger partial charge is 0.507 e. The summed E-state index contributed by atoms with van der Waals surface area (Å²) in [6, 6.07) is 12.8. The number of hydrogen-bond acceptors (Lipinski definition) is 4. The Hall–Kier alpha value is -2.46. The van der Waals surface area contributed by atoms with Crippen molar-refractivity contribution in [2.45, 2.75) is 38.6 Å². The maximum Gasteiger partial charge on any atom is 0.160 e. The van der Waals surface area contributed by atoms with Crippen molar-refractivity contribution in [3.63, 3.8) is 0 Å². The molecule has 0 radical (unpaired) electrons. The standard InChI is InChI=1S/C23H25N3O/c1-13-8-14(2)22(21(27)9-13)19-7-5-16-4-6-18(24-23(16)25-19)17-10-15-11-20(17)26(3)12-15/h4-9,15,17,20,27H,10-12H2,1-3H3/t15-,17+,20-/m0/s1. The molecule has 5 rings (SSSR count). The van der Waals surface area contributed by atoms with E-state index < -0.39 is 0 Å². The van der Waals surface area contributed by atoms with Crippen LogP contribution in [0.15, 0.2) is 36.4 Å². The summed E-state index contributed by atoms with van der Waals surface area (Å²) >= 11 is 0. The molecule has 0 spiro atoms. The van der Waals surface area contributed by atoms with Crippen LogP contribution in [0.3, 0.4) is 0 Å². The predicted octanol–water partition coefficient (Wildman–Crippen LogP) is 4.43. The topological polar surface area (TPSA) is 49.2 Å². The van der Waals surface area contributed by atoms with Crippen molar-refractivity contribution < 1.29 is 5.11 Å². The molecule has 1 saturated carbocycles. The van der Waals surface area contributed by atoms with E-state index in [1.165, 1.54) is 19.4 Å². The first-order valence-electron chi connectivity index (χ1n) is 9.78. The quantitative estimate of drug-likeness (QED) is 0.735.